The van der Waals surface area contributed by atoms with Crippen molar-refractivity contribution in [2.24, 2.45) is 49.3 Å². The Kier molecular flexibility index (Phi) is 53.7. The third-order valence-electron chi connectivity index (χ3n) is 21.7. The molecule has 32 nitrogen and oxygen atoms in total. The van der Waals surface area contributed by atoms with Crippen LogP contribution in [-0.4, -0.2) is 167 Å². The molecule has 141 heavy (non-hydrogen) atoms. The number of anilines is 1. The number of hydrogen-bond acceptors (Lipinski definition) is 16. The second kappa shape index (κ2) is 65.0. The van der Waals surface area contributed by atoms with Gasteiger partial charge in [-0.2, -0.15) is 0 Å². The van der Waals surface area contributed by atoms with Gasteiger partial charge in [0.15, 0.2) is 99.1 Å². The Morgan fingerprint density at radius 3 is 0.943 bits per heavy atom. The van der Waals surface area contributed by atoms with E-state index in [-0.39, 0.29) is 54.8 Å². The van der Waals surface area contributed by atoms with Crippen molar-refractivity contribution in [3.05, 3.63) is 343 Å². The number of para-hydroxylation sites is 1. The molecule has 8 amide bonds. The molecule has 32 heteroatoms. The van der Waals surface area contributed by atoms with Crippen molar-refractivity contribution in [1.82, 2.24) is 34.7 Å². The highest BCUT2D eigenvalue weighted by Crippen LogP contribution is 2.23. The van der Waals surface area contributed by atoms with Gasteiger partial charge in [0.1, 0.15) is 109 Å². The van der Waals surface area contributed by atoms with Crippen LogP contribution in [0.15, 0.2) is 287 Å². The van der Waals surface area contributed by atoms with Crippen LogP contribution in [0.5, 0.6) is 0 Å². The van der Waals surface area contributed by atoms with Gasteiger partial charge in [-0.15, -0.1) is 0 Å². The zero-order chi connectivity index (χ0) is 103. The van der Waals surface area contributed by atoms with E-state index >= 15 is 0 Å². The molecule has 1 aliphatic rings. The van der Waals surface area contributed by atoms with Crippen LogP contribution < -0.4 is 46.8 Å². The molecule has 11 aromatic rings. The summed E-state index contributed by atoms with van der Waals surface area (Å²) in [5.74, 6) is 0. The Labute approximate surface area is 834 Å². The third kappa shape index (κ3) is 49.7. The van der Waals surface area contributed by atoms with Crippen molar-refractivity contribution in [3.8, 4) is 0 Å². The second-order valence-corrected chi connectivity index (χ2v) is 35.3. The molecule has 0 unspecified atom stereocenters. The first kappa shape index (κ1) is 117. The van der Waals surface area contributed by atoms with Crippen molar-refractivity contribution in [2.75, 3.05) is 81.9 Å². The molecule has 0 atom stereocenters. The minimum atomic E-state index is -0.409. The monoisotopic (exact) mass is 1940 g/mol. The Balaban J connectivity index is 0.000000285. The van der Waals surface area contributed by atoms with E-state index in [1.165, 1.54) is 65.8 Å². The summed E-state index contributed by atoms with van der Waals surface area (Å²) < 4.78 is 57.1. The van der Waals surface area contributed by atoms with Gasteiger partial charge < -0.3 is 72.6 Å². The van der Waals surface area contributed by atoms with E-state index in [1.54, 1.807) is 76.0 Å². The predicted octanol–water partition coefficient (Wildman–Crippen LogP) is 14.6. The number of carbonyl (C=O) groups excluding carboxylic acids is 8. The summed E-state index contributed by atoms with van der Waals surface area (Å²) in [6, 6.07) is 60.8. The van der Waals surface area contributed by atoms with Gasteiger partial charge in [0.2, 0.25) is 0 Å². The molecule has 1 fully saturated rings. The Morgan fingerprint density at radius 1 is 0.326 bits per heavy atom. The number of benzene rings is 3. The highest BCUT2D eigenvalue weighted by Gasteiger charge is 2.26. The fourth-order valence-electron chi connectivity index (χ4n) is 12.3. The van der Waals surface area contributed by atoms with Crippen LogP contribution in [0.2, 0.25) is 0 Å². The van der Waals surface area contributed by atoms with E-state index in [4.69, 9.17) is 37.9 Å². The third-order valence-corrected chi connectivity index (χ3v) is 21.7. The summed E-state index contributed by atoms with van der Waals surface area (Å²) in [4.78, 5) is 103. The molecule has 0 spiro atoms. The highest BCUT2D eigenvalue weighted by molar-refractivity contribution is 5.86. The number of nitrogens with one attached hydrogen (secondary N) is 1. The number of likely N-dealkylation sites (N-methyl/N-ethyl adjacent to an activating group) is 1. The number of alkyl carbamates (subject to hydrolysis) is 1. The largest absolute Gasteiger partial charge is 0.445 e. The Morgan fingerprint density at radius 2 is 0.617 bits per heavy atom. The topological polar surface area (TPSA) is 276 Å². The van der Waals surface area contributed by atoms with Gasteiger partial charge in [-0.3, -0.25) is 4.90 Å². The summed E-state index contributed by atoms with van der Waals surface area (Å²) >= 11 is 0. The predicted molar refractivity (Wildman–Crippen MR) is 535 cm³/mol. The molecule has 0 saturated heterocycles. The van der Waals surface area contributed by atoms with Crippen molar-refractivity contribution in [1.29, 1.82) is 0 Å². The lowest BCUT2D eigenvalue weighted by molar-refractivity contribution is -0.697. The van der Waals surface area contributed by atoms with Gasteiger partial charge in [-0.05, 0) is 69.7 Å². The molecule has 0 aliphatic heterocycles. The lowest BCUT2D eigenvalue weighted by Gasteiger charge is -2.30. The molecule has 756 valence electrons. The van der Waals surface area contributed by atoms with Crippen LogP contribution in [0, 0.1) is 0 Å². The van der Waals surface area contributed by atoms with E-state index in [0.717, 1.165) is 81.6 Å². The summed E-state index contributed by atoms with van der Waals surface area (Å²) in [6.45, 7) is 12.8. The number of rotatable bonds is 27. The fourth-order valence-corrected chi connectivity index (χ4v) is 12.3. The normalized spacial score (nSPS) is 10.9. The quantitative estimate of drug-likeness (QED) is 0.0284. The number of unbranched alkanes of at least 4 members (excludes halogenated alkanes) is 2. The number of carbonyl (C=O) groups is 8. The molecular formula is C109H152N16O16+8. The molecule has 0 radical (unpaired) electrons. The fraction of sp³-hybridized carbons (Fsp3) is 0.394. The van der Waals surface area contributed by atoms with Crippen molar-refractivity contribution in [2.45, 2.75) is 163 Å². The molecule has 0 bridgehead atoms. The summed E-state index contributed by atoms with van der Waals surface area (Å²) in [6.07, 6.45) is 39.0. The van der Waals surface area contributed by atoms with Crippen LogP contribution in [0.3, 0.4) is 0 Å². The number of pyridine rings is 8. The highest BCUT2D eigenvalue weighted by atomic mass is 16.6. The lowest BCUT2D eigenvalue weighted by Crippen LogP contribution is -2.42. The number of ether oxygens (including phenoxy) is 8. The maximum Gasteiger partial charge on any atom is 0.414 e. The van der Waals surface area contributed by atoms with E-state index in [9.17, 15) is 38.4 Å². The molecule has 12 rings (SSSR count). The standard InChI is InChI=1S/C17H21N2O2.C16H19N2O2.C15H23N2O2.C15H17N2O2.C14H23N2O2.C13H21N2O2.C10H15N2O2.C9H12N2O2/c1-18-11-8-16(9-12-18)14-21-17(20)19(2)13-10-15-6-4-3-5-7-15;1-17-10-8-15(9-11-17)13-20-16(19)18(2)12-14-6-4-3-5-7-14;2*1-16-10-8-13(9-11-16)12-19-15(18)17(2)14-6-4-3-5-7-14;1-4-5-6-9-16-10-7-13(8-11-16)12-18-14(17)15(2)3;1-13(2,3)15(5)12(16)17-10-11-6-8-14(4)9-7-11;1-11(2)10(13)14-8-9-4-6-12(3)7-5-9;1-10-9(12)13-7-8-3-5-11(2)6-4-8/h3-9,11-12H,10,13-14H2,1-2H3;3-11H,12-13H2,1-2H3;8-11,14H,3-7,12H2,1-2H3;3-11H,12H2,1-2H3;7-8,10-11H,4-6,9,12H2,1-3H3;6-9H,10H2,1-5H3;4-7H,8H2,1-3H3;3-6H,7H2,1-2H3/q7*+1;/p+1. The maximum absolute atomic E-state index is 12.0. The number of hydrogen-bond donors (Lipinski definition) is 1. The van der Waals surface area contributed by atoms with Crippen molar-refractivity contribution >= 4 is 54.4 Å². The minimum Gasteiger partial charge on any atom is -0.445 e. The van der Waals surface area contributed by atoms with Gasteiger partial charge in [-0.1, -0.05) is 111 Å². The molecular weight excluding hydrogens is 1790 g/mol. The van der Waals surface area contributed by atoms with Gasteiger partial charge >= 0.3 is 48.7 Å². The van der Waals surface area contributed by atoms with Crippen molar-refractivity contribution < 1.29 is 113 Å². The van der Waals surface area contributed by atoms with Gasteiger partial charge in [0, 0.05) is 249 Å². The zero-order valence-electron chi connectivity index (χ0n) is 86.6. The van der Waals surface area contributed by atoms with Gasteiger partial charge in [0.05, 0.1) is 0 Å². The van der Waals surface area contributed by atoms with Gasteiger partial charge in [-0.25, -0.2) is 74.9 Å². The molecule has 8 aromatic heterocycles. The van der Waals surface area contributed by atoms with E-state index in [1.807, 2.05) is 384 Å². The summed E-state index contributed by atoms with van der Waals surface area (Å²) in [5.41, 5.74) is 10.8. The molecule has 3 aromatic carbocycles. The smallest absolute Gasteiger partial charge is 0.414 e. The SMILES string of the molecule is CCCCC[n+]1ccc(COC(=O)N(C)C)cc1.CN(C(=O)OCc1cc[n+](C)cc1)C(C)(C)C.CN(C(=O)OCc1cc[n+](C)cc1)C1CCCCC1.CN(C(=O)OCc1cc[n+](C)cc1)c1ccccc1.CN(C)C(=O)OCc1cc[n+](C)cc1.CN(CCc1ccccc1)C(=O)OCc1cc[n+](C)cc1.CN(Cc1ccccc1)C(=O)OCc1cc[n+](C)cc1.CNC(=O)OCc1cc[n+](C)cc1. The Bertz CT molecular complexity index is 5400. The first-order chi connectivity index (χ1) is 67.4. The number of amides is 8. The summed E-state index contributed by atoms with van der Waals surface area (Å²) in [5, 5.41) is 2.38. The van der Waals surface area contributed by atoms with Crippen LogP contribution in [0.1, 0.15) is 135 Å². The average Bonchev–Trinajstić information content (AvgIpc) is 0.872. The zero-order valence-corrected chi connectivity index (χ0v) is 86.6. The van der Waals surface area contributed by atoms with Crippen molar-refractivity contribution in [3.63, 3.8) is 0 Å². The number of aryl methyl sites for hydroxylation is 8. The van der Waals surface area contributed by atoms with E-state index in [2.05, 4.69) is 28.9 Å². The van der Waals surface area contributed by atoms with Crippen LogP contribution >= 0.6 is 0 Å². The first-order valence-electron chi connectivity index (χ1n) is 47.1. The van der Waals surface area contributed by atoms with Crippen LogP contribution in [0.4, 0.5) is 44.0 Å². The van der Waals surface area contributed by atoms with Crippen LogP contribution in [-0.2, 0) is 160 Å². The number of nitrogens with zero attached hydrogens (tertiary/aromatic N) is 15. The molecule has 1 aliphatic carbocycles. The molecule has 1 N–H and O–H groups in total. The average molecular weight is 1940 g/mol. The second-order valence-electron chi connectivity index (χ2n) is 35.3. The van der Waals surface area contributed by atoms with E-state index < -0.39 is 6.09 Å². The maximum atomic E-state index is 12.0. The minimum absolute atomic E-state index is 0.208. The lowest BCUT2D eigenvalue weighted by atomic mass is 9.95. The first-order valence-corrected chi connectivity index (χ1v) is 47.1. The Hall–Kier alpha value is -15.0. The summed E-state index contributed by atoms with van der Waals surface area (Å²) in [7, 11) is 30.6. The van der Waals surface area contributed by atoms with Crippen LogP contribution in [0.25, 0.3) is 0 Å². The number of aromatic nitrogens is 8. The molecule has 1 saturated carbocycles. The van der Waals surface area contributed by atoms with E-state index in [0.29, 0.717) is 65.4 Å². The molecule has 8 heterocycles. The van der Waals surface area contributed by atoms with Gasteiger partial charge in [0.25, 0.3) is 0 Å².